The molecule has 0 radical (unpaired) electrons. The second kappa shape index (κ2) is 11.4. The molecule has 4 rings (SSSR count). The lowest BCUT2D eigenvalue weighted by Crippen LogP contribution is -2.58. The van der Waals surface area contributed by atoms with Crippen molar-refractivity contribution in [2.24, 2.45) is 17.4 Å². The van der Waals surface area contributed by atoms with Gasteiger partial charge in [-0.05, 0) is 69.5 Å². The van der Waals surface area contributed by atoms with Gasteiger partial charge in [-0.2, -0.15) is 4.98 Å². The topological polar surface area (TPSA) is 143 Å². The van der Waals surface area contributed by atoms with Gasteiger partial charge in [0.25, 0.3) is 0 Å². The zero-order valence-corrected chi connectivity index (χ0v) is 21.7. The first-order chi connectivity index (χ1) is 17.6. The number of nitrogens with two attached hydrogens (primary N) is 2. The smallest absolute Gasteiger partial charge is 0.338 e. The SMILES string of the molecule is CC(C)(N)C(=O)N1CCN(C(=O)Nc2ccn(-c3ccc(CCN4CCC(CN)C4)cc3)c(=O)n2)CC1. The summed E-state index contributed by atoms with van der Waals surface area (Å²) < 4.78 is 1.45. The quantitative estimate of drug-likeness (QED) is 0.491. The molecular formula is C26H38N8O3. The number of likely N-dealkylation sites (tertiary alicyclic amines) is 1. The van der Waals surface area contributed by atoms with E-state index in [0.29, 0.717) is 37.8 Å². The molecule has 0 bridgehead atoms. The molecule has 0 aliphatic carbocycles. The first-order valence-corrected chi connectivity index (χ1v) is 12.9. The lowest BCUT2D eigenvalue weighted by molar-refractivity contribution is -0.137. The van der Waals surface area contributed by atoms with E-state index in [9.17, 15) is 14.4 Å². The second-order valence-corrected chi connectivity index (χ2v) is 10.5. The number of carbonyl (C=O) groups is 2. The monoisotopic (exact) mass is 510 g/mol. The number of carbonyl (C=O) groups excluding carboxylic acids is 2. The summed E-state index contributed by atoms with van der Waals surface area (Å²) in [6.45, 7) is 8.84. The molecule has 2 aliphatic rings. The third kappa shape index (κ3) is 6.73. The van der Waals surface area contributed by atoms with Gasteiger partial charge >= 0.3 is 11.7 Å². The minimum absolute atomic E-state index is 0.141. The minimum atomic E-state index is -0.944. The van der Waals surface area contributed by atoms with Crippen molar-refractivity contribution in [3.8, 4) is 5.69 Å². The van der Waals surface area contributed by atoms with Crippen LogP contribution in [0.2, 0.25) is 0 Å². The number of rotatable bonds is 7. The van der Waals surface area contributed by atoms with E-state index in [1.165, 1.54) is 16.6 Å². The summed E-state index contributed by atoms with van der Waals surface area (Å²) in [5, 5.41) is 2.69. The Morgan fingerprint density at radius 1 is 1.05 bits per heavy atom. The third-order valence-corrected chi connectivity index (χ3v) is 7.08. The molecule has 0 saturated carbocycles. The third-order valence-electron chi connectivity index (χ3n) is 7.08. The molecule has 1 atom stereocenters. The van der Waals surface area contributed by atoms with Crippen LogP contribution in [0.4, 0.5) is 10.6 Å². The summed E-state index contributed by atoms with van der Waals surface area (Å²) in [6.07, 6.45) is 3.73. The number of urea groups is 1. The molecule has 1 aromatic carbocycles. The molecule has 11 nitrogen and oxygen atoms in total. The number of benzene rings is 1. The van der Waals surface area contributed by atoms with Gasteiger partial charge < -0.3 is 26.2 Å². The fraction of sp³-hybridized carbons (Fsp3) is 0.538. The second-order valence-electron chi connectivity index (χ2n) is 10.5. The van der Waals surface area contributed by atoms with E-state index in [4.69, 9.17) is 11.5 Å². The maximum absolute atomic E-state index is 12.7. The summed E-state index contributed by atoms with van der Waals surface area (Å²) in [7, 11) is 0. The van der Waals surface area contributed by atoms with Crippen LogP contribution in [-0.4, -0.2) is 94.1 Å². The average molecular weight is 511 g/mol. The van der Waals surface area contributed by atoms with Crippen LogP contribution in [0, 0.1) is 5.92 Å². The van der Waals surface area contributed by atoms with Gasteiger partial charge in [0.15, 0.2) is 0 Å². The van der Waals surface area contributed by atoms with Gasteiger partial charge in [0.05, 0.1) is 11.2 Å². The number of hydrogen-bond donors (Lipinski definition) is 3. The predicted octanol–water partition coefficient (Wildman–Crippen LogP) is 0.469. The standard InChI is InChI=1S/C26H38N8O3/c1-26(2,28)23(35)32-13-15-33(16-14-32)24(36)29-22-9-12-34(25(37)30-22)21-5-3-19(4-6-21)7-10-31-11-8-20(17-27)18-31/h3-6,9,12,20H,7-8,10-11,13-18,27-28H2,1-2H3,(H,29,30,36,37). The Labute approximate surface area is 217 Å². The first kappa shape index (κ1) is 26.8. The largest absolute Gasteiger partial charge is 0.354 e. The van der Waals surface area contributed by atoms with Crippen molar-refractivity contribution < 1.29 is 9.59 Å². The summed E-state index contributed by atoms with van der Waals surface area (Å²) in [6, 6.07) is 9.13. The molecule has 2 saturated heterocycles. The van der Waals surface area contributed by atoms with Crippen LogP contribution in [0.5, 0.6) is 0 Å². The molecule has 3 amide bonds. The van der Waals surface area contributed by atoms with Crippen molar-refractivity contribution in [2.45, 2.75) is 32.2 Å². The molecule has 11 heteroatoms. The highest BCUT2D eigenvalue weighted by atomic mass is 16.2. The molecular weight excluding hydrogens is 472 g/mol. The molecule has 1 aromatic heterocycles. The van der Waals surface area contributed by atoms with E-state index in [2.05, 4.69) is 15.2 Å². The molecule has 2 aliphatic heterocycles. The number of hydrogen-bond acceptors (Lipinski definition) is 7. The predicted molar refractivity (Wildman–Crippen MR) is 143 cm³/mol. The van der Waals surface area contributed by atoms with Crippen LogP contribution in [0.25, 0.3) is 5.69 Å². The molecule has 200 valence electrons. The molecule has 37 heavy (non-hydrogen) atoms. The van der Waals surface area contributed by atoms with Gasteiger partial charge in [0.1, 0.15) is 5.82 Å². The highest BCUT2D eigenvalue weighted by Crippen LogP contribution is 2.16. The lowest BCUT2D eigenvalue weighted by Gasteiger charge is -2.37. The molecule has 1 unspecified atom stereocenters. The highest BCUT2D eigenvalue weighted by Gasteiger charge is 2.31. The average Bonchev–Trinajstić information content (AvgIpc) is 3.35. The van der Waals surface area contributed by atoms with Gasteiger partial charge in [0.2, 0.25) is 5.91 Å². The lowest BCUT2D eigenvalue weighted by atomic mass is 10.1. The van der Waals surface area contributed by atoms with E-state index in [-0.39, 0.29) is 17.8 Å². The van der Waals surface area contributed by atoms with E-state index in [1.807, 2.05) is 24.3 Å². The number of piperazine rings is 1. The van der Waals surface area contributed by atoms with E-state index < -0.39 is 11.2 Å². The fourth-order valence-corrected chi connectivity index (χ4v) is 4.80. The van der Waals surface area contributed by atoms with Gasteiger partial charge in [-0.1, -0.05) is 12.1 Å². The van der Waals surface area contributed by atoms with Gasteiger partial charge in [-0.15, -0.1) is 0 Å². The summed E-state index contributed by atoms with van der Waals surface area (Å²) >= 11 is 0. The summed E-state index contributed by atoms with van der Waals surface area (Å²) in [5.41, 5.74) is 12.2. The van der Waals surface area contributed by atoms with Gasteiger partial charge in [-0.25, -0.2) is 9.59 Å². The van der Waals surface area contributed by atoms with Crippen LogP contribution >= 0.6 is 0 Å². The van der Waals surface area contributed by atoms with E-state index in [1.54, 1.807) is 35.9 Å². The number of amides is 3. The minimum Gasteiger partial charge on any atom is -0.338 e. The van der Waals surface area contributed by atoms with Crippen LogP contribution in [-0.2, 0) is 11.2 Å². The summed E-state index contributed by atoms with van der Waals surface area (Å²) in [4.78, 5) is 47.4. The Morgan fingerprint density at radius 2 is 1.73 bits per heavy atom. The van der Waals surface area contributed by atoms with Crippen molar-refractivity contribution in [2.75, 3.05) is 57.7 Å². The van der Waals surface area contributed by atoms with Crippen LogP contribution in [0.3, 0.4) is 0 Å². The van der Waals surface area contributed by atoms with Crippen molar-refractivity contribution in [3.63, 3.8) is 0 Å². The maximum Gasteiger partial charge on any atom is 0.354 e. The molecule has 0 spiro atoms. The van der Waals surface area contributed by atoms with Crippen molar-refractivity contribution >= 4 is 17.8 Å². The zero-order chi connectivity index (χ0) is 26.6. The van der Waals surface area contributed by atoms with Gasteiger partial charge in [0, 0.05) is 45.5 Å². The normalized spacial score (nSPS) is 18.8. The number of aromatic nitrogens is 2. The Hall–Kier alpha value is -3.28. The highest BCUT2D eigenvalue weighted by molar-refractivity contribution is 5.89. The number of anilines is 1. The van der Waals surface area contributed by atoms with E-state index >= 15 is 0 Å². The maximum atomic E-state index is 12.7. The van der Waals surface area contributed by atoms with Crippen LogP contribution < -0.4 is 22.5 Å². The number of nitrogens with zero attached hydrogens (tertiary/aromatic N) is 5. The van der Waals surface area contributed by atoms with Crippen molar-refractivity contribution in [3.05, 3.63) is 52.6 Å². The fourth-order valence-electron chi connectivity index (χ4n) is 4.80. The first-order valence-electron chi connectivity index (χ1n) is 12.9. The number of nitrogens with one attached hydrogen (secondary N) is 1. The Morgan fingerprint density at radius 3 is 2.32 bits per heavy atom. The van der Waals surface area contributed by atoms with Crippen molar-refractivity contribution in [1.29, 1.82) is 0 Å². The summed E-state index contributed by atoms with van der Waals surface area (Å²) in [5.74, 6) is 0.656. The molecule has 3 heterocycles. The molecule has 5 N–H and O–H groups in total. The Kier molecular flexibility index (Phi) is 8.25. The Bertz CT molecular complexity index is 1150. The Balaban J connectivity index is 1.29. The van der Waals surface area contributed by atoms with Gasteiger partial charge in [-0.3, -0.25) is 14.7 Å². The van der Waals surface area contributed by atoms with Crippen LogP contribution in [0.15, 0.2) is 41.3 Å². The van der Waals surface area contributed by atoms with E-state index in [0.717, 1.165) is 32.6 Å². The van der Waals surface area contributed by atoms with Crippen molar-refractivity contribution in [1.82, 2.24) is 24.3 Å². The molecule has 2 fully saturated rings. The molecule has 2 aromatic rings. The van der Waals surface area contributed by atoms with Crippen LogP contribution in [0.1, 0.15) is 25.8 Å². The zero-order valence-electron chi connectivity index (χ0n) is 21.7.